The second-order valence-electron chi connectivity index (χ2n) is 8.94. The molecule has 0 atom stereocenters. The zero-order valence-corrected chi connectivity index (χ0v) is 18.9. The number of anilines is 3. The van der Waals surface area contributed by atoms with E-state index in [0.717, 1.165) is 0 Å². The van der Waals surface area contributed by atoms with E-state index in [-0.39, 0.29) is 12.4 Å². The number of ether oxygens (including phenoxy) is 2. The van der Waals surface area contributed by atoms with Crippen LogP contribution in [0, 0.1) is 0 Å². The van der Waals surface area contributed by atoms with Crippen molar-refractivity contribution in [2.45, 2.75) is 59.2 Å². The molecule has 2 heterocycles. The van der Waals surface area contributed by atoms with E-state index >= 15 is 0 Å². The summed E-state index contributed by atoms with van der Waals surface area (Å²) in [5.74, 6) is 0.674. The first-order valence-electron chi connectivity index (χ1n) is 10.0. The Morgan fingerprint density at radius 3 is 2.29 bits per heavy atom. The van der Waals surface area contributed by atoms with Gasteiger partial charge in [0.2, 0.25) is 0 Å². The lowest BCUT2D eigenvalue weighted by atomic mass is 10.2. The van der Waals surface area contributed by atoms with Gasteiger partial charge in [-0.2, -0.15) is 0 Å². The highest BCUT2D eigenvalue weighted by Crippen LogP contribution is 2.20. The van der Waals surface area contributed by atoms with Gasteiger partial charge in [-0.1, -0.05) is 6.07 Å². The van der Waals surface area contributed by atoms with Gasteiger partial charge in [-0.05, 0) is 65.8 Å². The predicted molar refractivity (Wildman–Crippen MR) is 120 cm³/mol. The number of nitrogens with one attached hydrogen (secondary N) is 1. The van der Waals surface area contributed by atoms with Crippen molar-refractivity contribution in [2.24, 2.45) is 0 Å². The average molecular weight is 430 g/mol. The Hall–Kier alpha value is -3.36. The molecule has 31 heavy (non-hydrogen) atoms. The second-order valence-corrected chi connectivity index (χ2v) is 8.94. The zero-order valence-electron chi connectivity index (χ0n) is 18.9. The monoisotopic (exact) mass is 429 g/mol. The van der Waals surface area contributed by atoms with E-state index in [1.807, 2.05) is 0 Å². The fraction of sp³-hybridized carbons (Fsp3) is 0.455. The predicted octanol–water partition coefficient (Wildman–Crippen LogP) is 4.39. The van der Waals surface area contributed by atoms with E-state index in [4.69, 9.17) is 15.2 Å². The van der Waals surface area contributed by atoms with Crippen LogP contribution in [0.2, 0.25) is 0 Å². The van der Waals surface area contributed by atoms with Crippen molar-refractivity contribution in [1.29, 1.82) is 0 Å². The summed E-state index contributed by atoms with van der Waals surface area (Å²) in [4.78, 5) is 34.9. The molecule has 168 valence electrons. The summed E-state index contributed by atoms with van der Waals surface area (Å²) in [6.45, 7) is 11.0. The smallest absolute Gasteiger partial charge is 0.416 e. The van der Waals surface area contributed by atoms with E-state index in [2.05, 4.69) is 15.3 Å². The normalized spacial score (nSPS) is 11.5. The van der Waals surface area contributed by atoms with Gasteiger partial charge in [-0.15, -0.1) is 0 Å². The molecule has 0 bridgehead atoms. The van der Waals surface area contributed by atoms with Crippen LogP contribution in [-0.4, -0.2) is 39.9 Å². The van der Waals surface area contributed by atoms with Crippen LogP contribution in [0.4, 0.5) is 26.9 Å². The molecular formula is C22H31N5O4. The number of hydrogen-bond donors (Lipinski definition) is 2. The molecule has 9 heteroatoms. The number of amides is 2. The van der Waals surface area contributed by atoms with E-state index in [1.165, 1.54) is 4.90 Å². The van der Waals surface area contributed by atoms with Crippen LogP contribution in [0.1, 0.15) is 47.2 Å². The zero-order chi connectivity index (χ0) is 23.2. The number of nitrogens with two attached hydrogens (primary N) is 1. The van der Waals surface area contributed by atoms with Gasteiger partial charge in [0.05, 0.1) is 5.69 Å². The van der Waals surface area contributed by atoms with Crippen molar-refractivity contribution in [3.8, 4) is 0 Å². The molecule has 2 aromatic heterocycles. The van der Waals surface area contributed by atoms with Crippen LogP contribution in [0.5, 0.6) is 0 Å². The summed E-state index contributed by atoms with van der Waals surface area (Å²) in [7, 11) is 0. The Morgan fingerprint density at radius 2 is 1.71 bits per heavy atom. The lowest BCUT2D eigenvalue weighted by molar-refractivity contribution is 0.0577. The van der Waals surface area contributed by atoms with Gasteiger partial charge >= 0.3 is 12.2 Å². The van der Waals surface area contributed by atoms with Crippen LogP contribution in [-0.2, 0) is 15.9 Å². The Morgan fingerprint density at radius 1 is 1.03 bits per heavy atom. The summed E-state index contributed by atoms with van der Waals surface area (Å²) < 4.78 is 10.8. The largest absolute Gasteiger partial charge is 0.444 e. The van der Waals surface area contributed by atoms with Gasteiger partial charge in [-0.3, -0.25) is 10.2 Å². The van der Waals surface area contributed by atoms with Gasteiger partial charge in [0.15, 0.2) is 5.82 Å². The van der Waals surface area contributed by atoms with Crippen molar-refractivity contribution in [2.75, 3.05) is 22.5 Å². The Labute approximate surface area is 183 Å². The number of aromatic nitrogens is 2. The quantitative estimate of drug-likeness (QED) is 0.723. The molecule has 0 saturated carbocycles. The maximum absolute atomic E-state index is 12.7. The molecule has 0 radical (unpaired) electrons. The molecule has 9 nitrogen and oxygen atoms in total. The minimum absolute atomic E-state index is 0.202. The topological polar surface area (TPSA) is 120 Å². The van der Waals surface area contributed by atoms with Crippen molar-refractivity contribution in [3.05, 3.63) is 42.2 Å². The van der Waals surface area contributed by atoms with Crippen molar-refractivity contribution >= 4 is 29.5 Å². The number of rotatable bonds is 5. The molecule has 0 aliphatic heterocycles. The van der Waals surface area contributed by atoms with E-state index in [1.54, 1.807) is 78.1 Å². The fourth-order valence-corrected chi connectivity index (χ4v) is 2.51. The van der Waals surface area contributed by atoms with Crippen molar-refractivity contribution in [1.82, 2.24) is 9.97 Å². The number of pyridine rings is 2. The van der Waals surface area contributed by atoms with Crippen LogP contribution < -0.4 is 16.0 Å². The fourth-order valence-electron chi connectivity index (χ4n) is 2.51. The highest BCUT2D eigenvalue weighted by molar-refractivity contribution is 5.87. The number of nitrogens with zero attached hydrogens (tertiary/aromatic N) is 3. The molecule has 0 saturated heterocycles. The maximum Gasteiger partial charge on any atom is 0.416 e. The van der Waals surface area contributed by atoms with Gasteiger partial charge in [0, 0.05) is 24.9 Å². The van der Waals surface area contributed by atoms with Gasteiger partial charge in [0.25, 0.3) is 0 Å². The molecule has 2 rings (SSSR count). The molecule has 0 spiro atoms. The second kappa shape index (κ2) is 9.63. The molecule has 3 N–H and O–H groups in total. The highest BCUT2D eigenvalue weighted by Gasteiger charge is 2.24. The number of carbonyl (C=O) groups is 2. The van der Waals surface area contributed by atoms with E-state index in [0.29, 0.717) is 23.6 Å². The number of hydrogen-bond acceptors (Lipinski definition) is 7. The Kier molecular flexibility index (Phi) is 7.43. The SMILES string of the molecule is CC(C)(C)OC(=O)Nc1nc(CCN(C(=O)OC(C)(C)C)c2ccccn2)ccc1N. The lowest BCUT2D eigenvalue weighted by Crippen LogP contribution is -2.38. The summed E-state index contributed by atoms with van der Waals surface area (Å²) in [5.41, 5.74) is 5.59. The van der Waals surface area contributed by atoms with Crippen LogP contribution in [0.25, 0.3) is 0 Å². The number of carbonyl (C=O) groups excluding carboxylic acids is 2. The number of nitrogen functional groups attached to an aromatic ring is 1. The standard InChI is InChI=1S/C22H31N5O4/c1-21(2,3)30-19(28)26-18-16(23)11-10-15(25-18)12-14-27(17-9-7-8-13-24-17)20(29)31-22(4,5)6/h7-11,13H,12,14,23H2,1-6H3,(H,25,26,28). The molecule has 0 unspecified atom stereocenters. The Bertz CT molecular complexity index is 904. The first-order valence-corrected chi connectivity index (χ1v) is 10.0. The summed E-state index contributed by atoms with van der Waals surface area (Å²) in [5, 5.41) is 2.57. The minimum atomic E-state index is -0.646. The first kappa shape index (κ1) is 23.9. The third-order valence-corrected chi connectivity index (χ3v) is 3.73. The Balaban J connectivity index is 2.16. The van der Waals surface area contributed by atoms with Gasteiger partial charge < -0.3 is 15.2 Å². The molecule has 0 aliphatic rings. The van der Waals surface area contributed by atoms with Crippen molar-refractivity contribution in [3.63, 3.8) is 0 Å². The van der Waals surface area contributed by atoms with E-state index in [9.17, 15) is 9.59 Å². The maximum atomic E-state index is 12.7. The van der Waals surface area contributed by atoms with Crippen molar-refractivity contribution < 1.29 is 19.1 Å². The van der Waals surface area contributed by atoms with Gasteiger partial charge in [-0.25, -0.2) is 19.6 Å². The van der Waals surface area contributed by atoms with Gasteiger partial charge in [0.1, 0.15) is 17.0 Å². The third-order valence-electron chi connectivity index (χ3n) is 3.73. The molecule has 0 aliphatic carbocycles. The molecule has 0 aromatic carbocycles. The highest BCUT2D eigenvalue weighted by atomic mass is 16.6. The summed E-state index contributed by atoms with van der Waals surface area (Å²) >= 11 is 0. The molecule has 0 fully saturated rings. The first-order chi connectivity index (χ1) is 14.3. The van der Waals surface area contributed by atoms with E-state index < -0.39 is 23.4 Å². The minimum Gasteiger partial charge on any atom is -0.444 e. The average Bonchev–Trinajstić information content (AvgIpc) is 2.62. The van der Waals surface area contributed by atoms with Crippen LogP contribution in [0.3, 0.4) is 0 Å². The molecular weight excluding hydrogens is 398 g/mol. The molecule has 2 aromatic rings. The molecule has 2 amide bonds. The lowest BCUT2D eigenvalue weighted by Gasteiger charge is -2.26. The summed E-state index contributed by atoms with van der Waals surface area (Å²) in [6, 6.07) is 8.68. The van der Waals surface area contributed by atoms with Crippen LogP contribution in [0.15, 0.2) is 36.5 Å². The third kappa shape index (κ3) is 8.12. The summed E-state index contributed by atoms with van der Waals surface area (Å²) in [6.07, 6.45) is 0.845. The van der Waals surface area contributed by atoms with Crippen LogP contribution >= 0.6 is 0 Å².